The molecule has 0 fully saturated rings. The molecule has 134 valence electrons. The molecule has 0 saturated carbocycles. The van der Waals surface area contributed by atoms with Gasteiger partial charge < -0.3 is 0 Å². The third-order valence-corrected chi connectivity index (χ3v) is 5.46. The van der Waals surface area contributed by atoms with Gasteiger partial charge in [0.05, 0.1) is 11.9 Å². The van der Waals surface area contributed by atoms with Gasteiger partial charge in [-0.25, -0.2) is 8.42 Å². The normalized spacial score (nSPS) is 13.7. The Bertz CT molecular complexity index is 870. The van der Waals surface area contributed by atoms with Gasteiger partial charge >= 0.3 is 6.18 Å². The molecule has 5 nitrogen and oxygen atoms in total. The predicted molar refractivity (Wildman–Crippen MR) is 88.6 cm³/mol. The van der Waals surface area contributed by atoms with E-state index in [0.717, 1.165) is 31.4 Å². The summed E-state index contributed by atoms with van der Waals surface area (Å²) in [7, 11) is -3.62. The predicted octanol–water partition coefficient (Wildman–Crippen LogP) is 3.99. The lowest BCUT2D eigenvalue weighted by molar-refractivity contribution is -0.171. The summed E-state index contributed by atoms with van der Waals surface area (Å²) in [6, 6.07) is 3.51. The molecule has 0 spiro atoms. The van der Waals surface area contributed by atoms with Crippen molar-refractivity contribution in [1.82, 2.24) is 9.29 Å². The Labute approximate surface area is 147 Å². The molecule has 0 amide bonds. The number of sulfonamides is 1. The molecule has 0 radical (unpaired) electrons. The van der Waals surface area contributed by atoms with Gasteiger partial charge in [0, 0.05) is 18.3 Å². The number of halogens is 4. The molecule has 10 heteroatoms. The molecule has 0 aliphatic rings. The van der Waals surface area contributed by atoms with Crippen LogP contribution in [0.5, 0.6) is 0 Å². The fourth-order valence-electron chi connectivity index (χ4n) is 2.19. The highest BCUT2D eigenvalue weighted by atomic mass is 35.5. The lowest BCUT2D eigenvalue weighted by atomic mass is 10.1. The number of rotatable bonds is 5. The lowest BCUT2D eigenvalue weighted by Gasteiger charge is -2.29. The maximum Gasteiger partial charge on any atom is 0.409 e. The first-order valence-corrected chi connectivity index (χ1v) is 8.61. The van der Waals surface area contributed by atoms with Crippen molar-refractivity contribution in [2.75, 3.05) is 7.05 Å². The van der Waals surface area contributed by atoms with Crippen LogP contribution in [0.2, 0.25) is 5.02 Å². The summed E-state index contributed by atoms with van der Waals surface area (Å²) in [6.07, 6.45) is -2.64. The van der Waals surface area contributed by atoms with Crippen molar-refractivity contribution in [3.05, 3.63) is 53.3 Å². The Morgan fingerprint density at radius 2 is 1.84 bits per heavy atom. The zero-order valence-electron chi connectivity index (χ0n) is 12.9. The first kappa shape index (κ1) is 19.4. The van der Waals surface area contributed by atoms with Gasteiger partial charge in [0.1, 0.15) is 10.9 Å². The summed E-state index contributed by atoms with van der Waals surface area (Å²) in [6.45, 7) is 3.24. The monoisotopic (exact) mass is 391 g/mol. The largest absolute Gasteiger partial charge is 0.409 e. The Balaban J connectivity index is 2.53. The molecule has 1 atom stereocenters. The third-order valence-electron chi connectivity index (χ3n) is 3.42. The number of alkyl halides is 3. The molecule has 0 N–H and O–H groups in total. The molecule has 0 aliphatic heterocycles. The summed E-state index contributed by atoms with van der Waals surface area (Å²) in [5.41, 5.74) is -0.126. The number of benzene rings is 1. The molecule has 2 rings (SSSR count). The average Bonchev–Trinajstić information content (AvgIpc) is 2.55. The molecule has 0 aliphatic carbocycles. The standard InChI is InChI=1S/C15H13ClF3N3O2S/c1-20-12-7-13(9-21-8-12)25(23,24)22(2)14(15(17,18)19)10-3-5-11(16)6-4-10/h3-9,14H,1H2,2H3/t14-/m1/s1. The highest BCUT2D eigenvalue weighted by Crippen LogP contribution is 2.40. The molecule has 0 saturated heterocycles. The van der Waals surface area contributed by atoms with Crippen LogP contribution >= 0.6 is 11.6 Å². The minimum atomic E-state index is -4.84. The second-order valence-corrected chi connectivity index (χ2v) is 7.49. The van der Waals surface area contributed by atoms with Crippen molar-refractivity contribution in [3.63, 3.8) is 0 Å². The third kappa shape index (κ3) is 4.17. The Hall–Kier alpha value is -1.97. The molecule has 0 bridgehead atoms. The molecule has 0 unspecified atom stereocenters. The van der Waals surface area contributed by atoms with E-state index in [-0.39, 0.29) is 20.6 Å². The molecular weight excluding hydrogens is 379 g/mol. The van der Waals surface area contributed by atoms with Gasteiger partial charge in [-0.15, -0.1) is 0 Å². The van der Waals surface area contributed by atoms with Crippen molar-refractivity contribution in [2.45, 2.75) is 17.1 Å². The second-order valence-electron chi connectivity index (χ2n) is 5.05. The van der Waals surface area contributed by atoms with Gasteiger partial charge in [-0.2, -0.15) is 17.5 Å². The van der Waals surface area contributed by atoms with E-state index < -0.39 is 27.1 Å². The molecule has 1 aromatic carbocycles. The van der Waals surface area contributed by atoms with Gasteiger partial charge in [-0.3, -0.25) is 9.98 Å². The van der Waals surface area contributed by atoms with E-state index in [1.807, 2.05) is 0 Å². The molecule has 1 aromatic heterocycles. The summed E-state index contributed by atoms with van der Waals surface area (Å²) in [4.78, 5) is 6.79. The number of hydrogen-bond acceptors (Lipinski definition) is 4. The maximum absolute atomic E-state index is 13.6. The smallest absolute Gasteiger partial charge is 0.263 e. The molecular formula is C15H13ClF3N3O2S. The Morgan fingerprint density at radius 3 is 2.36 bits per heavy atom. The second kappa shape index (κ2) is 7.11. The number of pyridine rings is 1. The molecule has 25 heavy (non-hydrogen) atoms. The number of hydrogen-bond donors (Lipinski definition) is 0. The van der Waals surface area contributed by atoms with Crippen molar-refractivity contribution in [2.24, 2.45) is 4.99 Å². The highest BCUT2D eigenvalue weighted by molar-refractivity contribution is 7.89. The highest BCUT2D eigenvalue weighted by Gasteiger charge is 2.47. The van der Waals surface area contributed by atoms with Gasteiger partial charge in [0.25, 0.3) is 0 Å². The minimum Gasteiger partial charge on any atom is -0.263 e. The van der Waals surface area contributed by atoms with Crippen LogP contribution in [0.15, 0.2) is 52.6 Å². The summed E-state index contributed by atoms with van der Waals surface area (Å²) in [5, 5.41) is 0.240. The van der Waals surface area contributed by atoms with Gasteiger partial charge in [-0.1, -0.05) is 23.7 Å². The quantitative estimate of drug-likeness (QED) is 0.724. The van der Waals surface area contributed by atoms with Crippen molar-refractivity contribution >= 4 is 34.0 Å². The van der Waals surface area contributed by atoms with Crippen LogP contribution in [-0.4, -0.2) is 37.6 Å². The zero-order valence-corrected chi connectivity index (χ0v) is 14.5. The van der Waals surface area contributed by atoms with E-state index in [1.165, 1.54) is 18.3 Å². The van der Waals surface area contributed by atoms with Crippen molar-refractivity contribution < 1.29 is 21.6 Å². The minimum absolute atomic E-state index is 0.129. The van der Waals surface area contributed by atoms with Crippen LogP contribution in [-0.2, 0) is 10.0 Å². The van der Waals surface area contributed by atoms with Gasteiger partial charge in [0.2, 0.25) is 10.0 Å². The average molecular weight is 392 g/mol. The number of aromatic nitrogens is 1. The first-order chi connectivity index (χ1) is 11.6. The fraction of sp³-hybridized carbons (Fsp3) is 0.200. The van der Waals surface area contributed by atoms with Crippen LogP contribution in [0.4, 0.5) is 18.9 Å². The Kier molecular flexibility index (Phi) is 5.50. The van der Waals surface area contributed by atoms with Crippen LogP contribution in [0.25, 0.3) is 0 Å². The maximum atomic E-state index is 13.6. The summed E-state index contributed by atoms with van der Waals surface area (Å²) < 4.78 is 66.2. The van der Waals surface area contributed by atoms with Gasteiger partial charge in [-0.05, 0) is 30.5 Å². The van der Waals surface area contributed by atoms with Crippen molar-refractivity contribution in [3.8, 4) is 0 Å². The van der Waals surface area contributed by atoms with Crippen LogP contribution in [0.1, 0.15) is 11.6 Å². The number of aliphatic imine (C=N–C) groups is 1. The topological polar surface area (TPSA) is 62.6 Å². The number of nitrogens with zero attached hydrogens (tertiary/aromatic N) is 3. The fourth-order valence-corrected chi connectivity index (χ4v) is 3.63. The zero-order chi connectivity index (χ0) is 18.8. The SMILES string of the molecule is C=Nc1cncc(S(=O)(=O)N(C)[C@H](c2ccc(Cl)cc2)C(F)(F)F)c1. The lowest BCUT2D eigenvalue weighted by Crippen LogP contribution is -2.39. The van der Waals surface area contributed by atoms with Gasteiger partial charge in [0.15, 0.2) is 0 Å². The Morgan fingerprint density at radius 1 is 1.24 bits per heavy atom. The summed E-state index contributed by atoms with van der Waals surface area (Å²) >= 11 is 5.69. The van der Waals surface area contributed by atoms with Crippen molar-refractivity contribution in [1.29, 1.82) is 0 Å². The first-order valence-electron chi connectivity index (χ1n) is 6.79. The van der Waals surface area contributed by atoms with E-state index in [9.17, 15) is 21.6 Å². The van der Waals surface area contributed by atoms with E-state index in [1.54, 1.807) is 0 Å². The van der Waals surface area contributed by atoms with E-state index in [4.69, 9.17) is 11.6 Å². The summed E-state index contributed by atoms with van der Waals surface area (Å²) in [5.74, 6) is 0. The van der Waals surface area contributed by atoms with Crippen LogP contribution in [0, 0.1) is 0 Å². The van der Waals surface area contributed by atoms with Crippen LogP contribution < -0.4 is 0 Å². The van der Waals surface area contributed by atoms with Crippen LogP contribution in [0.3, 0.4) is 0 Å². The van der Waals surface area contributed by atoms with E-state index >= 15 is 0 Å². The van der Waals surface area contributed by atoms with E-state index in [2.05, 4.69) is 16.7 Å². The van der Waals surface area contributed by atoms with E-state index in [0.29, 0.717) is 0 Å². The molecule has 2 aromatic rings. The molecule has 1 heterocycles.